The van der Waals surface area contributed by atoms with Gasteiger partial charge in [0, 0.05) is 50.1 Å². The number of methoxy groups -OCH3 is 2. The molecule has 2 amide bonds. The van der Waals surface area contributed by atoms with Crippen LogP contribution in [0.1, 0.15) is 69.3 Å². The van der Waals surface area contributed by atoms with E-state index in [0.29, 0.717) is 47.9 Å². The highest BCUT2D eigenvalue weighted by Crippen LogP contribution is 2.62. The summed E-state index contributed by atoms with van der Waals surface area (Å²) in [5, 5.41) is 26.9. The molecule has 298 valence electrons. The van der Waals surface area contributed by atoms with Crippen LogP contribution < -0.4 is 24.3 Å². The van der Waals surface area contributed by atoms with Gasteiger partial charge in [-0.3, -0.25) is 10.1 Å². The normalized spacial score (nSPS) is 25.7. The molecule has 0 unspecified atom stereocenters. The second kappa shape index (κ2) is 17.9. The van der Waals surface area contributed by atoms with Crippen molar-refractivity contribution in [2.24, 2.45) is 28.8 Å². The number of ether oxygens (including phenoxy) is 5. The van der Waals surface area contributed by atoms with E-state index in [1.165, 1.54) is 14.2 Å². The largest absolute Gasteiger partial charge is 0.497 e. The van der Waals surface area contributed by atoms with E-state index in [1.807, 2.05) is 19.2 Å². The summed E-state index contributed by atoms with van der Waals surface area (Å²) in [7, 11) is 6.41. The summed E-state index contributed by atoms with van der Waals surface area (Å²) >= 11 is 0. The fourth-order valence-electron chi connectivity index (χ4n) is 8.82. The quantitative estimate of drug-likeness (QED) is 0.0877. The SMILES string of the molecule is C=CCO[C@@]12Oc3ccc(OC(=O)Nc4ccc(OC)cc4OC)cc3[C@H]3[C@H](CCCCO)[C@@H](CCCCO)C=C(C(=NOC)C[C@@H]1N(C)C(=O)C1CC1)[C@H]32. The third-order valence-electron chi connectivity index (χ3n) is 11.4. The number of anilines is 1. The van der Waals surface area contributed by atoms with Crippen LogP contribution in [0.25, 0.3) is 0 Å². The first kappa shape index (κ1) is 40.1. The van der Waals surface area contributed by atoms with Crippen LogP contribution in [0.5, 0.6) is 23.0 Å². The van der Waals surface area contributed by atoms with Crippen molar-refractivity contribution in [2.45, 2.75) is 75.5 Å². The highest BCUT2D eigenvalue weighted by Gasteiger charge is 2.65. The smallest absolute Gasteiger partial charge is 0.417 e. The van der Waals surface area contributed by atoms with Crippen LogP contribution in [0.2, 0.25) is 0 Å². The van der Waals surface area contributed by atoms with Crippen molar-refractivity contribution >= 4 is 23.4 Å². The number of nitrogens with one attached hydrogen (secondary N) is 1. The Bertz CT molecular complexity index is 1760. The van der Waals surface area contributed by atoms with Gasteiger partial charge in [-0.25, -0.2) is 4.79 Å². The molecule has 2 fully saturated rings. The standard InChI is InChI=1S/C42H55N3O10/c1-6-21-53-42-37(45(2)40(48)26-13-14-26)25-34(44-52-5)31-22-27(11-7-9-19-46)30(12-8-10-20-47)38(39(31)42)32-23-29(16-18-35(32)55-42)54-41(49)43-33-17-15-28(50-3)24-36(33)51-4/h6,15-18,22-24,26-27,30,37-39,46-47H,1,7-14,19-21,25H2,2-5H3,(H,43,49)/t27-,30+,37-,38+,39+,42+/m0/s1. The maximum Gasteiger partial charge on any atom is 0.417 e. The molecule has 2 aromatic carbocycles. The van der Waals surface area contributed by atoms with Crippen molar-refractivity contribution in [1.82, 2.24) is 4.90 Å². The molecule has 0 radical (unpaired) electrons. The molecular formula is C42H55N3O10. The number of allylic oxidation sites excluding steroid dienone is 1. The van der Waals surface area contributed by atoms with Crippen LogP contribution in [0.3, 0.4) is 0 Å². The lowest BCUT2D eigenvalue weighted by molar-refractivity contribution is -0.255. The summed E-state index contributed by atoms with van der Waals surface area (Å²) in [6.45, 7) is 4.32. The van der Waals surface area contributed by atoms with Crippen LogP contribution in [-0.2, 0) is 14.4 Å². The fraction of sp³-hybridized carbons (Fsp3) is 0.548. The lowest BCUT2D eigenvalue weighted by Crippen LogP contribution is -2.69. The number of aliphatic hydroxyl groups excluding tert-OH is 2. The molecule has 13 heteroatoms. The average Bonchev–Trinajstić information content (AvgIpc) is 4.04. The van der Waals surface area contributed by atoms with Gasteiger partial charge in [0.05, 0.1) is 38.1 Å². The van der Waals surface area contributed by atoms with Crippen molar-refractivity contribution in [2.75, 3.05) is 53.5 Å². The van der Waals surface area contributed by atoms with E-state index in [0.717, 1.165) is 55.4 Å². The minimum atomic E-state index is -1.32. The van der Waals surface area contributed by atoms with Gasteiger partial charge in [-0.2, -0.15) is 0 Å². The lowest BCUT2D eigenvalue weighted by Gasteiger charge is -2.59. The van der Waals surface area contributed by atoms with Crippen LogP contribution in [0, 0.1) is 23.7 Å². The van der Waals surface area contributed by atoms with Crippen molar-refractivity contribution in [1.29, 1.82) is 0 Å². The molecule has 3 N–H and O–H groups in total. The third kappa shape index (κ3) is 8.34. The molecule has 2 saturated carbocycles. The highest BCUT2D eigenvalue weighted by molar-refractivity contribution is 6.03. The molecule has 1 heterocycles. The number of aliphatic hydroxyl groups is 2. The predicted octanol–water partition coefficient (Wildman–Crippen LogP) is 6.45. The molecule has 0 spiro atoms. The molecule has 4 aliphatic rings. The van der Waals surface area contributed by atoms with Crippen LogP contribution in [-0.4, -0.2) is 92.9 Å². The number of rotatable bonds is 18. The Morgan fingerprint density at radius 2 is 1.76 bits per heavy atom. The molecule has 3 aliphatic carbocycles. The van der Waals surface area contributed by atoms with Crippen LogP contribution >= 0.6 is 0 Å². The zero-order chi connectivity index (χ0) is 39.1. The van der Waals surface area contributed by atoms with Gasteiger partial charge in [-0.1, -0.05) is 30.1 Å². The van der Waals surface area contributed by atoms with Gasteiger partial charge >= 0.3 is 6.09 Å². The lowest BCUT2D eigenvalue weighted by atomic mass is 9.55. The summed E-state index contributed by atoms with van der Waals surface area (Å²) in [5.41, 5.74) is 2.92. The number of carbonyl (C=O) groups excluding carboxylic acids is 2. The summed E-state index contributed by atoms with van der Waals surface area (Å²) in [6, 6.07) is 9.87. The van der Waals surface area contributed by atoms with Gasteiger partial charge in [-0.05, 0) is 86.3 Å². The monoisotopic (exact) mass is 761 g/mol. The number of nitrogens with zero attached hydrogens (tertiary/aromatic N) is 2. The Kier molecular flexibility index (Phi) is 13.1. The minimum Gasteiger partial charge on any atom is -0.497 e. The molecule has 6 rings (SSSR count). The molecule has 6 atom stereocenters. The first-order valence-electron chi connectivity index (χ1n) is 19.3. The number of hydrogen-bond donors (Lipinski definition) is 3. The third-order valence-corrected chi connectivity index (χ3v) is 11.4. The number of amides is 2. The second-order valence-corrected chi connectivity index (χ2v) is 14.8. The van der Waals surface area contributed by atoms with Crippen molar-refractivity contribution in [3.63, 3.8) is 0 Å². The summed E-state index contributed by atoms with van der Waals surface area (Å²) in [5.74, 6) is -0.0125. The number of oxime groups is 1. The Labute approximate surface area is 323 Å². The zero-order valence-electron chi connectivity index (χ0n) is 32.3. The number of benzene rings is 2. The van der Waals surface area contributed by atoms with Gasteiger partial charge in [0.1, 0.15) is 36.1 Å². The van der Waals surface area contributed by atoms with E-state index in [-0.39, 0.29) is 49.4 Å². The summed E-state index contributed by atoms with van der Waals surface area (Å²) in [4.78, 5) is 34.5. The molecule has 0 bridgehead atoms. The van der Waals surface area contributed by atoms with E-state index in [9.17, 15) is 19.8 Å². The summed E-state index contributed by atoms with van der Waals surface area (Å²) < 4.78 is 30.7. The molecule has 13 nitrogen and oxygen atoms in total. The van der Waals surface area contributed by atoms with Gasteiger partial charge < -0.3 is 43.6 Å². The topological polar surface area (TPSA) is 158 Å². The first-order chi connectivity index (χ1) is 26.7. The molecule has 55 heavy (non-hydrogen) atoms. The van der Waals surface area contributed by atoms with Crippen molar-refractivity contribution in [3.05, 3.63) is 66.3 Å². The summed E-state index contributed by atoms with van der Waals surface area (Å²) in [6.07, 6.45) is 9.83. The van der Waals surface area contributed by atoms with Crippen LogP contribution in [0.15, 0.2) is 65.9 Å². The fourth-order valence-corrected chi connectivity index (χ4v) is 8.82. The Morgan fingerprint density at radius 1 is 1.02 bits per heavy atom. The molecule has 0 saturated heterocycles. The van der Waals surface area contributed by atoms with Crippen molar-refractivity contribution in [3.8, 4) is 23.0 Å². The maximum atomic E-state index is 13.8. The number of unbranched alkanes of at least 4 members (excludes halogenated alkanes) is 2. The maximum absolute atomic E-state index is 13.8. The zero-order valence-corrected chi connectivity index (χ0v) is 32.3. The second-order valence-electron chi connectivity index (χ2n) is 14.8. The van der Waals surface area contributed by atoms with E-state index >= 15 is 0 Å². The van der Waals surface area contributed by atoms with E-state index < -0.39 is 23.8 Å². The Morgan fingerprint density at radius 3 is 2.44 bits per heavy atom. The Hall–Kier alpha value is -4.59. The van der Waals surface area contributed by atoms with Gasteiger partial charge in [-0.15, -0.1) is 6.58 Å². The number of hydrogen-bond acceptors (Lipinski definition) is 11. The number of fused-ring (bicyclic) bond motifs is 2. The predicted molar refractivity (Wildman–Crippen MR) is 207 cm³/mol. The average molecular weight is 762 g/mol. The first-order valence-corrected chi connectivity index (χ1v) is 19.3. The highest BCUT2D eigenvalue weighted by atomic mass is 16.7. The number of carbonyl (C=O) groups is 2. The Balaban J connectivity index is 1.47. The van der Waals surface area contributed by atoms with Gasteiger partial charge in [0.25, 0.3) is 0 Å². The van der Waals surface area contributed by atoms with E-state index in [2.05, 4.69) is 23.1 Å². The van der Waals surface area contributed by atoms with E-state index in [1.54, 1.807) is 42.4 Å². The van der Waals surface area contributed by atoms with Crippen molar-refractivity contribution < 1.29 is 48.3 Å². The minimum absolute atomic E-state index is 0.0352. The molecule has 2 aromatic rings. The van der Waals surface area contributed by atoms with E-state index in [4.69, 9.17) is 28.5 Å². The van der Waals surface area contributed by atoms with Crippen LogP contribution in [0.4, 0.5) is 10.5 Å². The van der Waals surface area contributed by atoms with Gasteiger partial charge in [0.15, 0.2) is 0 Å². The molecular weight excluding hydrogens is 706 g/mol. The molecule has 0 aromatic heterocycles. The van der Waals surface area contributed by atoms with Gasteiger partial charge in [0.2, 0.25) is 11.7 Å². The number of likely N-dealkylation sites (N-methyl/N-ethyl adjacent to an activating group) is 1. The molecule has 1 aliphatic heterocycles.